The summed E-state index contributed by atoms with van der Waals surface area (Å²) in [4.78, 5) is 24.6. The van der Waals surface area contributed by atoms with Crippen LogP contribution < -0.4 is 20.3 Å². The van der Waals surface area contributed by atoms with Crippen LogP contribution in [-0.2, 0) is 11.3 Å². The maximum atomic E-state index is 12.3. The van der Waals surface area contributed by atoms with Crippen molar-refractivity contribution in [2.45, 2.75) is 19.5 Å². The Balaban J connectivity index is 1.47. The Morgan fingerprint density at radius 1 is 1.27 bits per heavy atom. The van der Waals surface area contributed by atoms with Gasteiger partial charge in [0.15, 0.2) is 11.5 Å². The molecular formula is C18H18N4O4. The Hall–Kier alpha value is -3.29. The van der Waals surface area contributed by atoms with Crippen LogP contribution in [0.5, 0.6) is 11.5 Å². The first-order chi connectivity index (χ1) is 12.6. The third-order valence-corrected chi connectivity index (χ3v) is 4.29. The normalized spacial score (nSPS) is 14.2. The highest BCUT2D eigenvalue weighted by molar-refractivity contribution is 5.76. The summed E-state index contributed by atoms with van der Waals surface area (Å²) in [5.74, 6) is 1.08. The van der Waals surface area contributed by atoms with E-state index in [0.29, 0.717) is 30.2 Å². The van der Waals surface area contributed by atoms with Crippen molar-refractivity contribution in [3.8, 4) is 11.5 Å². The van der Waals surface area contributed by atoms with Gasteiger partial charge in [0.05, 0.1) is 6.04 Å². The average Bonchev–Trinajstić information content (AvgIpc) is 3.13. The van der Waals surface area contributed by atoms with Gasteiger partial charge in [0.25, 0.3) is 5.56 Å². The van der Waals surface area contributed by atoms with Gasteiger partial charge < -0.3 is 19.2 Å². The van der Waals surface area contributed by atoms with Gasteiger partial charge in [0, 0.05) is 6.20 Å². The predicted molar refractivity (Wildman–Crippen MR) is 93.4 cm³/mol. The zero-order valence-corrected chi connectivity index (χ0v) is 14.2. The lowest BCUT2D eigenvalue weighted by molar-refractivity contribution is -0.122. The van der Waals surface area contributed by atoms with Crippen molar-refractivity contribution in [2.24, 2.45) is 0 Å². The first kappa shape index (κ1) is 16.2. The molecule has 0 bridgehead atoms. The Kier molecular flexibility index (Phi) is 4.08. The molecule has 0 radical (unpaired) electrons. The van der Waals surface area contributed by atoms with Crippen LogP contribution in [0.3, 0.4) is 0 Å². The number of nitrogens with one attached hydrogen (secondary N) is 1. The summed E-state index contributed by atoms with van der Waals surface area (Å²) in [5, 5.41) is 6.90. The molecule has 8 heteroatoms. The SMILES string of the molecule is C[C@@H](NC(=O)Cn1ncn2cccc2c1=O)c1ccc2c(c1)OCCO2. The molecule has 3 heterocycles. The number of benzene rings is 1. The number of hydrogen-bond acceptors (Lipinski definition) is 5. The van der Waals surface area contributed by atoms with Crippen molar-refractivity contribution in [3.63, 3.8) is 0 Å². The number of nitrogens with zero attached hydrogens (tertiary/aromatic N) is 3. The fraction of sp³-hybridized carbons (Fsp3) is 0.278. The summed E-state index contributed by atoms with van der Waals surface area (Å²) in [5.41, 5.74) is 1.07. The van der Waals surface area contributed by atoms with Crippen LogP contribution in [0.25, 0.3) is 5.52 Å². The number of rotatable bonds is 4. The van der Waals surface area contributed by atoms with Crippen LogP contribution in [-0.4, -0.2) is 33.3 Å². The Bertz CT molecular complexity index is 1020. The molecule has 1 N–H and O–H groups in total. The lowest BCUT2D eigenvalue weighted by atomic mass is 10.1. The Labute approximate surface area is 149 Å². The van der Waals surface area contributed by atoms with Crippen LogP contribution in [0, 0.1) is 0 Å². The van der Waals surface area contributed by atoms with E-state index in [9.17, 15) is 9.59 Å². The van der Waals surface area contributed by atoms with Crippen molar-refractivity contribution in [3.05, 3.63) is 58.8 Å². The molecule has 1 atom stereocenters. The molecule has 0 saturated carbocycles. The van der Waals surface area contributed by atoms with Crippen LogP contribution in [0.4, 0.5) is 0 Å². The second kappa shape index (κ2) is 6.55. The van der Waals surface area contributed by atoms with E-state index in [4.69, 9.17) is 9.47 Å². The van der Waals surface area contributed by atoms with Crippen molar-refractivity contribution in [2.75, 3.05) is 13.2 Å². The predicted octanol–water partition coefficient (Wildman–Crippen LogP) is 1.14. The summed E-state index contributed by atoms with van der Waals surface area (Å²) in [6.45, 7) is 2.77. The molecule has 0 spiro atoms. The van der Waals surface area contributed by atoms with E-state index in [1.54, 1.807) is 22.7 Å². The quantitative estimate of drug-likeness (QED) is 0.759. The van der Waals surface area contributed by atoms with Crippen molar-refractivity contribution in [1.29, 1.82) is 0 Å². The fourth-order valence-corrected chi connectivity index (χ4v) is 2.93. The fourth-order valence-electron chi connectivity index (χ4n) is 2.93. The smallest absolute Gasteiger partial charge is 0.291 e. The first-order valence-electron chi connectivity index (χ1n) is 8.33. The second-order valence-electron chi connectivity index (χ2n) is 6.09. The van der Waals surface area contributed by atoms with Crippen LogP contribution in [0.2, 0.25) is 0 Å². The summed E-state index contributed by atoms with van der Waals surface area (Å²) in [6.07, 6.45) is 3.24. The van der Waals surface area contributed by atoms with Gasteiger partial charge in [0.1, 0.15) is 31.6 Å². The summed E-state index contributed by atoms with van der Waals surface area (Å²) in [7, 11) is 0. The van der Waals surface area contributed by atoms with Crippen molar-refractivity contribution >= 4 is 11.4 Å². The molecule has 0 aliphatic carbocycles. The highest BCUT2D eigenvalue weighted by atomic mass is 16.6. The largest absolute Gasteiger partial charge is 0.486 e. The molecule has 2 aromatic heterocycles. The standard InChI is InChI=1S/C18H18N4O4/c1-12(13-4-5-15-16(9-13)26-8-7-25-15)20-17(23)10-22-18(24)14-3-2-6-21(14)11-19-22/h2-6,9,11-12H,7-8,10H2,1H3,(H,20,23)/t12-/m1/s1. The van der Waals surface area contributed by atoms with Gasteiger partial charge in [-0.25, -0.2) is 4.68 Å². The van der Waals surface area contributed by atoms with Gasteiger partial charge in [-0.3, -0.25) is 9.59 Å². The van der Waals surface area contributed by atoms with Crippen molar-refractivity contribution in [1.82, 2.24) is 19.5 Å². The van der Waals surface area contributed by atoms with Gasteiger partial charge >= 0.3 is 0 Å². The molecule has 1 amide bonds. The van der Waals surface area contributed by atoms with Crippen LogP contribution in [0.15, 0.2) is 47.7 Å². The minimum atomic E-state index is -0.306. The second-order valence-corrected chi connectivity index (χ2v) is 6.09. The maximum absolute atomic E-state index is 12.3. The monoisotopic (exact) mass is 354 g/mol. The number of hydrogen-bond donors (Lipinski definition) is 1. The Morgan fingerprint density at radius 2 is 2.08 bits per heavy atom. The minimum absolute atomic E-state index is 0.143. The molecule has 0 unspecified atom stereocenters. The van der Waals surface area contributed by atoms with E-state index in [-0.39, 0.29) is 24.1 Å². The topological polar surface area (TPSA) is 86.9 Å². The van der Waals surface area contributed by atoms with E-state index in [0.717, 1.165) is 10.2 Å². The highest BCUT2D eigenvalue weighted by Crippen LogP contribution is 2.32. The maximum Gasteiger partial charge on any atom is 0.291 e. The molecular weight excluding hydrogens is 336 g/mol. The average molecular weight is 354 g/mol. The molecule has 1 aliphatic rings. The third kappa shape index (κ3) is 3.01. The molecule has 134 valence electrons. The lowest BCUT2D eigenvalue weighted by Gasteiger charge is -2.21. The summed E-state index contributed by atoms with van der Waals surface area (Å²) < 4.78 is 13.8. The minimum Gasteiger partial charge on any atom is -0.486 e. The van der Waals surface area contributed by atoms with E-state index < -0.39 is 0 Å². The van der Waals surface area contributed by atoms with Gasteiger partial charge in [-0.15, -0.1) is 0 Å². The van der Waals surface area contributed by atoms with Gasteiger partial charge in [-0.1, -0.05) is 6.07 Å². The Morgan fingerprint density at radius 3 is 2.92 bits per heavy atom. The molecule has 0 fully saturated rings. The van der Waals surface area contributed by atoms with E-state index in [1.807, 2.05) is 25.1 Å². The van der Waals surface area contributed by atoms with Crippen molar-refractivity contribution < 1.29 is 14.3 Å². The van der Waals surface area contributed by atoms with Gasteiger partial charge in [-0.2, -0.15) is 5.10 Å². The summed E-state index contributed by atoms with van der Waals surface area (Å²) >= 11 is 0. The number of carbonyl (C=O) groups excluding carboxylic acids is 1. The molecule has 26 heavy (non-hydrogen) atoms. The van der Waals surface area contributed by atoms with Gasteiger partial charge in [0.2, 0.25) is 5.91 Å². The number of amides is 1. The molecule has 4 rings (SSSR count). The number of fused-ring (bicyclic) bond motifs is 2. The summed E-state index contributed by atoms with van der Waals surface area (Å²) in [6, 6.07) is 8.78. The molecule has 1 aromatic carbocycles. The highest BCUT2D eigenvalue weighted by Gasteiger charge is 2.16. The van der Waals surface area contributed by atoms with E-state index in [2.05, 4.69) is 10.4 Å². The molecule has 0 saturated heterocycles. The van der Waals surface area contributed by atoms with Gasteiger partial charge in [-0.05, 0) is 36.8 Å². The molecule has 8 nitrogen and oxygen atoms in total. The number of ether oxygens (including phenoxy) is 2. The van der Waals surface area contributed by atoms with E-state index in [1.165, 1.54) is 6.33 Å². The number of carbonyl (C=O) groups is 1. The molecule has 3 aromatic rings. The number of aromatic nitrogens is 3. The third-order valence-electron chi connectivity index (χ3n) is 4.29. The first-order valence-corrected chi connectivity index (χ1v) is 8.33. The van der Waals surface area contributed by atoms with Crippen LogP contribution >= 0.6 is 0 Å². The molecule has 1 aliphatic heterocycles. The van der Waals surface area contributed by atoms with E-state index >= 15 is 0 Å². The zero-order valence-electron chi connectivity index (χ0n) is 14.2. The zero-order chi connectivity index (χ0) is 18.1. The van der Waals surface area contributed by atoms with Crippen LogP contribution in [0.1, 0.15) is 18.5 Å². The lowest BCUT2D eigenvalue weighted by Crippen LogP contribution is -2.35.